The third kappa shape index (κ3) is 6.38. The van der Waals surface area contributed by atoms with E-state index in [0.717, 1.165) is 30.9 Å². The van der Waals surface area contributed by atoms with Gasteiger partial charge in [0.25, 0.3) is 0 Å². The van der Waals surface area contributed by atoms with E-state index >= 15 is 0 Å². The van der Waals surface area contributed by atoms with Gasteiger partial charge in [0, 0.05) is 24.3 Å². The minimum Gasteiger partial charge on any atom is -0.366 e. The van der Waals surface area contributed by atoms with E-state index in [1.54, 1.807) is 18.2 Å². The van der Waals surface area contributed by atoms with Crippen molar-refractivity contribution in [3.8, 4) is 0 Å². The highest BCUT2D eigenvalue weighted by molar-refractivity contribution is 5.96. The van der Waals surface area contributed by atoms with E-state index < -0.39 is 5.91 Å². The zero-order valence-electron chi connectivity index (χ0n) is 15.3. The Kier molecular flexibility index (Phi) is 7.25. The molecule has 0 saturated carbocycles. The number of aryl methyl sites for hydroxylation is 1. The van der Waals surface area contributed by atoms with Crippen LogP contribution in [0.2, 0.25) is 0 Å². The molecule has 0 aliphatic carbocycles. The van der Waals surface area contributed by atoms with Crippen molar-refractivity contribution in [2.75, 3.05) is 31.5 Å². The second-order valence-electron chi connectivity index (χ2n) is 7.03. The average molecular weight is 346 g/mol. The monoisotopic (exact) mass is 346 g/mol. The highest BCUT2D eigenvalue weighted by atomic mass is 16.2. The fraction of sp³-hybridized carbons (Fsp3) is 0.579. The number of nitrogens with one attached hydrogen (secondary N) is 2. The van der Waals surface area contributed by atoms with Crippen LogP contribution in [0.1, 0.15) is 48.5 Å². The summed E-state index contributed by atoms with van der Waals surface area (Å²) in [6.45, 7) is 8.33. The van der Waals surface area contributed by atoms with Crippen molar-refractivity contribution in [3.63, 3.8) is 0 Å². The summed E-state index contributed by atoms with van der Waals surface area (Å²) in [5, 5.41) is 5.65. The smallest absolute Gasteiger partial charge is 0.319 e. The summed E-state index contributed by atoms with van der Waals surface area (Å²) in [6.07, 6.45) is 4.68. The minimum atomic E-state index is -0.504. The summed E-state index contributed by atoms with van der Waals surface area (Å²) >= 11 is 0. The maximum Gasteiger partial charge on any atom is 0.319 e. The van der Waals surface area contributed by atoms with Crippen LogP contribution in [0.15, 0.2) is 18.2 Å². The Labute approximate surface area is 150 Å². The zero-order chi connectivity index (χ0) is 18.2. The molecule has 1 aliphatic rings. The summed E-state index contributed by atoms with van der Waals surface area (Å²) < 4.78 is 0. The fourth-order valence-electron chi connectivity index (χ4n) is 3.23. The number of carbonyl (C=O) groups is 2. The van der Waals surface area contributed by atoms with Gasteiger partial charge < -0.3 is 21.3 Å². The number of likely N-dealkylation sites (tertiary alicyclic amines) is 1. The maximum absolute atomic E-state index is 12.0. The zero-order valence-corrected chi connectivity index (χ0v) is 15.3. The van der Waals surface area contributed by atoms with Gasteiger partial charge in [0.2, 0.25) is 5.91 Å². The van der Waals surface area contributed by atoms with Gasteiger partial charge in [0.15, 0.2) is 0 Å². The molecule has 0 aromatic heterocycles. The van der Waals surface area contributed by atoms with Gasteiger partial charge >= 0.3 is 6.03 Å². The molecule has 0 unspecified atom stereocenters. The number of anilines is 1. The van der Waals surface area contributed by atoms with Crippen LogP contribution in [0, 0.1) is 12.8 Å². The Morgan fingerprint density at radius 2 is 2.12 bits per heavy atom. The summed E-state index contributed by atoms with van der Waals surface area (Å²) in [5.41, 5.74) is 7.16. The highest BCUT2D eigenvalue weighted by Crippen LogP contribution is 2.17. The molecule has 6 nitrogen and oxygen atoms in total. The number of amides is 3. The lowest BCUT2D eigenvalue weighted by atomic mass is 10.0. The lowest BCUT2D eigenvalue weighted by Gasteiger charge is -2.30. The number of piperidine rings is 1. The van der Waals surface area contributed by atoms with Gasteiger partial charge in [0.05, 0.1) is 0 Å². The number of hydrogen-bond acceptors (Lipinski definition) is 3. The summed E-state index contributed by atoms with van der Waals surface area (Å²) in [5.74, 6) is 0.299. The van der Waals surface area contributed by atoms with Gasteiger partial charge in [-0.1, -0.05) is 13.0 Å². The third-order valence-electron chi connectivity index (χ3n) is 4.70. The lowest BCUT2D eigenvalue weighted by Crippen LogP contribution is -2.35. The van der Waals surface area contributed by atoms with Crippen LogP contribution in [0.3, 0.4) is 0 Å². The fourth-order valence-corrected chi connectivity index (χ4v) is 3.23. The number of hydrogen-bond donors (Lipinski definition) is 3. The Hall–Kier alpha value is -2.08. The highest BCUT2D eigenvalue weighted by Gasteiger charge is 2.15. The molecule has 0 radical (unpaired) electrons. The molecule has 1 aliphatic heterocycles. The molecule has 138 valence electrons. The molecule has 0 spiro atoms. The molecule has 4 N–H and O–H groups in total. The van der Waals surface area contributed by atoms with Crippen molar-refractivity contribution in [1.82, 2.24) is 10.2 Å². The van der Waals surface area contributed by atoms with E-state index in [2.05, 4.69) is 22.5 Å². The Morgan fingerprint density at radius 3 is 2.84 bits per heavy atom. The molecule has 6 heteroatoms. The first-order valence-electron chi connectivity index (χ1n) is 9.13. The van der Waals surface area contributed by atoms with Gasteiger partial charge in [-0.2, -0.15) is 0 Å². The predicted molar refractivity (Wildman–Crippen MR) is 101 cm³/mol. The van der Waals surface area contributed by atoms with Crippen molar-refractivity contribution < 1.29 is 9.59 Å². The van der Waals surface area contributed by atoms with Crippen molar-refractivity contribution in [2.45, 2.75) is 39.5 Å². The van der Waals surface area contributed by atoms with Crippen molar-refractivity contribution >= 4 is 17.6 Å². The van der Waals surface area contributed by atoms with Crippen LogP contribution in [-0.2, 0) is 0 Å². The average Bonchev–Trinajstić information content (AvgIpc) is 2.56. The first-order valence-corrected chi connectivity index (χ1v) is 9.13. The van der Waals surface area contributed by atoms with E-state index in [9.17, 15) is 9.59 Å². The Bertz CT molecular complexity index is 603. The molecule has 0 bridgehead atoms. The standard InChI is InChI=1S/C19H30N4O2/c1-14-6-5-11-23(13-14)10-4-3-9-21-19(25)22-17-12-16(18(20)24)8-7-15(17)2/h7-8,12,14H,3-6,9-11,13H2,1-2H3,(H2,20,24)(H2,21,22,25)/t14-/m1/s1. The molecular weight excluding hydrogens is 316 g/mol. The van der Waals surface area contributed by atoms with Crippen LogP contribution >= 0.6 is 0 Å². The Morgan fingerprint density at radius 1 is 1.32 bits per heavy atom. The van der Waals surface area contributed by atoms with Gasteiger partial charge in [0.1, 0.15) is 0 Å². The van der Waals surface area contributed by atoms with Crippen molar-refractivity contribution in [2.24, 2.45) is 11.7 Å². The number of benzene rings is 1. The molecule has 3 amide bonds. The predicted octanol–water partition coefficient (Wildman–Crippen LogP) is 2.73. The maximum atomic E-state index is 12.0. The van der Waals surface area contributed by atoms with Crippen LogP contribution in [-0.4, -0.2) is 43.0 Å². The van der Waals surface area contributed by atoms with E-state index in [1.807, 2.05) is 6.92 Å². The molecule has 1 fully saturated rings. The van der Waals surface area contributed by atoms with Gasteiger partial charge in [-0.3, -0.25) is 4.79 Å². The lowest BCUT2D eigenvalue weighted by molar-refractivity contribution is 0.1000. The largest absolute Gasteiger partial charge is 0.366 e. The molecule has 2 rings (SSSR count). The number of nitrogens with two attached hydrogens (primary N) is 1. The quantitative estimate of drug-likeness (QED) is 0.663. The topological polar surface area (TPSA) is 87.5 Å². The van der Waals surface area contributed by atoms with Crippen molar-refractivity contribution in [1.29, 1.82) is 0 Å². The number of nitrogens with zero attached hydrogens (tertiary/aromatic N) is 1. The molecule has 1 heterocycles. The first-order chi connectivity index (χ1) is 12.0. The van der Waals surface area contributed by atoms with Gasteiger partial charge in [-0.25, -0.2) is 4.79 Å². The van der Waals surface area contributed by atoms with E-state index in [-0.39, 0.29) is 6.03 Å². The van der Waals surface area contributed by atoms with Crippen LogP contribution in [0.25, 0.3) is 0 Å². The Balaban J connectivity index is 1.67. The first kappa shape index (κ1) is 19.2. The molecule has 1 atom stereocenters. The number of primary amides is 1. The normalized spacial score (nSPS) is 17.9. The second-order valence-corrected chi connectivity index (χ2v) is 7.03. The molecular formula is C19H30N4O2. The molecule has 1 saturated heterocycles. The minimum absolute atomic E-state index is 0.253. The van der Waals surface area contributed by atoms with Gasteiger partial charge in [-0.15, -0.1) is 0 Å². The number of unbranched alkanes of at least 4 members (excludes halogenated alkanes) is 1. The summed E-state index contributed by atoms with van der Waals surface area (Å²) in [7, 11) is 0. The van der Waals surface area contributed by atoms with Gasteiger partial charge in [-0.05, 0) is 69.3 Å². The van der Waals surface area contributed by atoms with E-state index in [4.69, 9.17) is 5.73 Å². The number of rotatable bonds is 7. The second kappa shape index (κ2) is 9.42. The van der Waals surface area contributed by atoms with Crippen LogP contribution in [0.4, 0.5) is 10.5 Å². The summed E-state index contributed by atoms with van der Waals surface area (Å²) in [4.78, 5) is 25.8. The SMILES string of the molecule is Cc1ccc(C(N)=O)cc1NC(=O)NCCCCN1CCC[C@@H](C)C1. The molecule has 25 heavy (non-hydrogen) atoms. The van der Waals surface area contributed by atoms with Crippen LogP contribution in [0.5, 0.6) is 0 Å². The number of carbonyl (C=O) groups excluding carboxylic acids is 2. The van der Waals surface area contributed by atoms with E-state index in [0.29, 0.717) is 17.8 Å². The molecule has 1 aromatic carbocycles. The summed E-state index contributed by atoms with van der Waals surface area (Å²) in [6, 6.07) is 4.78. The number of urea groups is 1. The van der Waals surface area contributed by atoms with Crippen molar-refractivity contribution in [3.05, 3.63) is 29.3 Å². The third-order valence-corrected chi connectivity index (χ3v) is 4.70. The van der Waals surface area contributed by atoms with Crippen LogP contribution < -0.4 is 16.4 Å². The van der Waals surface area contributed by atoms with E-state index in [1.165, 1.54) is 25.9 Å². The molecule has 1 aromatic rings.